The van der Waals surface area contributed by atoms with E-state index in [0.717, 1.165) is 0 Å². The molecule has 0 aliphatic carbocycles. The fourth-order valence-corrected chi connectivity index (χ4v) is 3.35. The molecule has 5 aromatic rings. The lowest BCUT2D eigenvalue weighted by atomic mass is 10.1. The van der Waals surface area contributed by atoms with Gasteiger partial charge in [0.25, 0.3) is 16.9 Å². The number of aromatic nitrogens is 7. The van der Waals surface area contributed by atoms with Gasteiger partial charge in [0, 0.05) is 11.8 Å². The maximum Gasteiger partial charge on any atom is 0.283 e. The first kappa shape index (κ1) is 16.5. The third kappa shape index (κ3) is 3.09. The van der Waals surface area contributed by atoms with Crippen LogP contribution in [0, 0.1) is 5.82 Å². The minimum absolute atomic E-state index is 0.314. The number of pyridine rings is 1. The van der Waals surface area contributed by atoms with Crippen molar-refractivity contribution in [2.75, 3.05) is 0 Å². The lowest BCUT2D eigenvalue weighted by Gasteiger charge is -2.05. The van der Waals surface area contributed by atoms with Gasteiger partial charge < -0.3 is 4.42 Å². The molecule has 0 radical (unpaired) electrons. The topological polar surface area (TPSA) is 94.9 Å². The van der Waals surface area contributed by atoms with Gasteiger partial charge in [-0.05, 0) is 42.1 Å². The Morgan fingerprint density at radius 1 is 0.964 bits per heavy atom. The SMILES string of the molecule is Fc1cccc(-c2cc(Sc3nnc(-c4ccccn4)o3)n3ncnc3n2)c1. The minimum Gasteiger partial charge on any atom is -0.409 e. The molecule has 5 rings (SSSR count). The second-order valence-corrected chi connectivity index (χ2v) is 6.62. The van der Waals surface area contributed by atoms with Gasteiger partial charge in [-0.2, -0.15) is 14.6 Å². The lowest BCUT2D eigenvalue weighted by Crippen LogP contribution is -1.97. The lowest BCUT2D eigenvalue weighted by molar-refractivity contribution is 0.464. The molecule has 0 atom stereocenters. The highest BCUT2D eigenvalue weighted by atomic mass is 32.2. The summed E-state index contributed by atoms with van der Waals surface area (Å²) in [6.07, 6.45) is 3.05. The monoisotopic (exact) mass is 391 g/mol. The summed E-state index contributed by atoms with van der Waals surface area (Å²) >= 11 is 1.21. The molecule has 0 amide bonds. The van der Waals surface area contributed by atoms with Gasteiger partial charge in [-0.1, -0.05) is 18.2 Å². The predicted molar refractivity (Wildman–Crippen MR) is 97.8 cm³/mol. The van der Waals surface area contributed by atoms with Gasteiger partial charge in [0.2, 0.25) is 0 Å². The van der Waals surface area contributed by atoms with Crippen molar-refractivity contribution in [3.8, 4) is 22.8 Å². The summed E-state index contributed by atoms with van der Waals surface area (Å²) in [5.74, 6) is 0.359. The summed E-state index contributed by atoms with van der Waals surface area (Å²) in [6.45, 7) is 0. The van der Waals surface area contributed by atoms with E-state index in [0.29, 0.717) is 38.9 Å². The molecule has 0 saturated carbocycles. The largest absolute Gasteiger partial charge is 0.409 e. The third-order valence-electron chi connectivity index (χ3n) is 3.82. The van der Waals surface area contributed by atoms with E-state index in [2.05, 4.69) is 30.2 Å². The van der Waals surface area contributed by atoms with Crippen molar-refractivity contribution >= 4 is 17.5 Å². The number of hydrogen-bond acceptors (Lipinski definition) is 8. The summed E-state index contributed by atoms with van der Waals surface area (Å²) in [6, 6.07) is 13.4. The van der Waals surface area contributed by atoms with Crippen molar-refractivity contribution in [1.29, 1.82) is 0 Å². The Morgan fingerprint density at radius 3 is 2.79 bits per heavy atom. The van der Waals surface area contributed by atoms with Crippen molar-refractivity contribution in [3.05, 3.63) is 66.9 Å². The molecule has 0 spiro atoms. The van der Waals surface area contributed by atoms with Gasteiger partial charge >= 0.3 is 0 Å². The van der Waals surface area contributed by atoms with Crippen LogP contribution in [-0.4, -0.2) is 34.8 Å². The third-order valence-corrected chi connectivity index (χ3v) is 4.66. The molecule has 136 valence electrons. The Bertz CT molecular complexity index is 1270. The fraction of sp³-hybridized carbons (Fsp3) is 0. The Balaban J connectivity index is 1.54. The Labute approximate surface area is 161 Å². The smallest absolute Gasteiger partial charge is 0.283 e. The van der Waals surface area contributed by atoms with Crippen molar-refractivity contribution in [2.45, 2.75) is 10.2 Å². The van der Waals surface area contributed by atoms with E-state index in [1.165, 1.54) is 30.2 Å². The molecule has 8 nitrogen and oxygen atoms in total. The van der Waals surface area contributed by atoms with E-state index in [9.17, 15) is 4.39 Å². The number of hydrogen-bond donors (Lipinski definition) is 0. The maximum atomic E-state index is 13.6. The quantitative estimate of drug-likeness (QED) is 0.430. The van der Waals surface area contributed by atoms with Crippen LogP contribution >= 0.6 is 11.8 Å². The van der Waals surface area contributed by atoms with Gasteiger partial charge in [-0.15, -0.1) is 10.2 Å². The molecule has 1 aromatic carbocycles. The Morgan fingerprint density at radius 2 is 1.93 bits per heavy atom. The fourth-order valence-electron chi connectivity index (χ4n) is 2.59. The predicted octanol–water partition coefficient (Wildman–Crippen LogP) is 3.53. The van der Waals surface area contributed by atoms with E-state index in [1.807, 2.05) is 12.1 Å². The van der Waals surface area contributed by atoms with Gasteiger partial charge in [0.15, 0.2) is 0 Å². The van der Waals surface area contributed by atoms with Crippen LogP contribution in [0.1, 0.15) is 0 Å². The summed E-state index contributed by atoms with van der Waals surface area (Å²) < 4.78 is 20.9. The number of halogens is 1. The molecule has 4 aromatic heterocycles. The normalized spacial score (nSPS) is 11.2. The highest BCUT2D eigenvalue weighted by Crippen LogP contribution is 2.31. The molecule has 0 fully saturated rings. The van der Waals surface area contributed by atoms with Crippen molar-refractivity contribution < 1.29 is 8.81 Å². The van der Waals surface area contributed by atoms with Gasteiger partial charge in [-0.25, -0.2) is 9.37 Å². The maximum absolute atomic E-state index is 13.6. The second kappa shape index (κ2) is 6.82. The summed E-state index contributed by atoms with van der Waals surface area (Å²) in [5, 5.41) is 13.2. The Kier molecular flexibility index (Phi) is 4.02. The van der Waals surface area contributed by atoms with Crippen LogP contribution in [-0.2, 0) is 0 Å². The first-order chi connectivity index (χ1) is 13.8. The number of rotatable bonds is 4. The van der Waals surface area contributed by atoms with E-state index in [1.54, 1.807) is 35.0 Å². The Hall–Kier alpha value is -3.66. The zero-order chi connectivity index (χ0) is 18.9. The van der Waals surface area contributed by atoms with Gasteiger partial charge in [0.05, 0.1) is 5.69 Å². The number of nitrogens with zero attached hydrogens (tertiary/aromatic N) is 7. The molecule has 0 bridgehead atoms. The molecule has 10 heteroatoms. The summed E-state index contributed by atoms with van der Waals surface area (Å²) in [4.78, 5) is 12.8. The van der Waals surface area contributed by atoms with Crippen LogP contribution in [0.4, 0.5) is 4.39 Å². The zero-order valence-electron chi connectivity index (χ0n) is 14.1. The van der Waals surface area contributed by atoms with Crippen molar-refractivity contribution in [3.63, 3.8) is 0 Å². The number of benzene rings is 1. The van der Waals surface area contributed by atoms with Gasteiger partial charge in [-0.3, -0.25) is 4.98 Å². The van der Waals surface area contributed by atoms with E-state index < -0.39 is 0 Å². The highest BCUT2D eigenvalue weighted by Gasteiger charge is 2.15. The van der Waals surface area contributed by atoms with Crippen LogP contribution in [0.2, 0.25) is 0 Å². The molecule has 0 saturated heterocycles. The van der Waals surface area contributed by atoms with E-state index in [-0.39, 0.29) is 5.82 Å². The molecular weight excluding hydrogens is 381 g/mol. The van der Waals surface area contributed by atoms with E-state index >= 15 is 0 Å². The van der Waals surface area contributed by atoms with Crippen LogP contribution in [0.15, 0.2) is 75.7 Å². The van der Waals surface area contributed by atoms with E-state index in [4.69, 9.17) is 4.42 Å². The van der Waals surface area contributed by atoms with Crippen molar-refractivity contribution in [1.82, 2.24) is 34.8 Å². The average Bonchev–Trinajstić information content (AvgIpc) is 3.38. The molecule has 0 N–H and O–H groups in total. The standard InChI is InChI=1S/C18H10FN7OS/c19-12-5-3-4-11(8-12)14-9-15(26-17(23-14)21-10-22-26)28-18-25-24-16(27-18)13-6-1-2-7-20-13/h1-10H. The summed E-state index contributed by atoms with van der Waals surface area (Å²) in [5.41, 5.74) is 1.78. The molecule has 4 heterocycles. The van der Waals surface area contributed by atoms with Crippen LogP contribution < -0.4 is 0 Å². The molecule has 28 heavy (non-hydrogen) atoms. The summed E-state index contributed by atoms with van der Waals surface area (Å²) in [7, 11) is 0. The minimum atomic E-state index is -0.341. The van der Waals surface area contributed by atoms with Crippen LogP contribution in [0.5, 0.6) is 0 Å². The van der Waals surface area contributed by atoms with Crippen LogP contribution in [0.3, 0.4) is 0 Å². The molecule has 0 aliphatic rings. The first-order valence-electron chi connectivity index (χ1n) is 8.16. The second-order valence-electron chi connectivity index (χ2n) is 5.65. The zero-order valence-corrected chi connectivity index (χ0v) is 14.9. The van der Waals surface area contributed by atoms with Gasteiger partial charge in [0.1, 0.15) is 22.9 Å². The molecular formula is C18H10FN7OS. The molecule has 0 aliphatic heterocycles. The molecule has 0 unspecified atom stereocenters. The average molecular weight is 391 g/mol. The first-order valence-corrected chi connectivity index (χ1v) is 8.97. The number of fused-ring (bicyclic) bond motifs is 1. The van der Waals surface area contributed by atoms with Crippen LogP contribution in [0.25, 0.3) is 28.6 Å². The highest BCUT2D eigenvalue weighted by molar-refractivity contribution is 7.99. The van der Waals surface area contributed by atoms with Crippen molar-refractivity contribution in [2.24, 2.45) is 0 Å².